The van der Waals surface area contributed by atoms with Crippen molar-refractivity contribution in [1.82, 2.24) is 0 Å². The maximum absolute atomic E-state index is 8.63. The minimum atomic E-state index is -4.08. The Morgan fingerprint density at radius 3 is 0.500 bits per heavy atom. The summed E-state index contributed by atoms with van der Waals surface area (Å²) in [7, 11) is -31.9. The summed E-state index contributed by atoms with van der Waals surface area (Å²) >= 11 is 0. The van der Waals surface area contributed by atoms with E-state index in [0.29, 0.717) is 0 Å². The van der Waals surface area contributed by atoms with E-state index in [-0.39, 0.29) is 38.8 Å². The summed E-state index contributed by atoms with van der Waals surface area (Å²) in [5.74, 6) is 0. The fraction of sp³-hybridized carbons (Fsp3) is 0.955. The molecule has 0 amide bonds. The van der Waals surface area contributed by atoms with Crippen LogP contribution in [0.5, 0.6) is 0 Å². The number of rotatable bonds is 8. The maximum Gasteiger partial charge on any atom is 0.506 e. The molecule has 13 rings (SSSR count). The SMILES string of the molecule is C=C[Si]12O[Si]3(C4CCCCC4)O[Si]4(C5CCCCC5)O[Si](C5CCCCC5)(O1)O[Si]1(C5CCCCC5)O[Si](C5CCCCC5)(O2)O[Si](C2CCCCC2)(O3)O[Si](C2CCCCC2)(O4)O1. The Labute approximate surface area is 393 Å². The lowest BCUT2D eigenvalue weighted by Crippen LogP contribution is -2.91. The van der Waals surface area contributed by atoms with Gasteiger partial charge in [0.15, 0.2) is 0 Å². The fourth-order valence-corrected chi connectivity index (χ4v) is 69.8. The Morgan fingerprint density at radius 1 is 0.219 bits per heavy atom. The predicted octanol–water partition coefficient (Wildman–Crippen LogP) is 12.8. The zero-order valence-electron chi connectivity index (χ0n) is 39.0. The smallest absolute Gasteiger partial charge is 0.373 e. The van der Waals surface area contributed by atoms with Crippen molar-refractivity contribution < 1.29 is 49.4 Å². The van der Waals surface area contributed by atoms with Crippen LogP contribution in [0.15, 0.2) is 12.3 Å². The minimum absolute atomic E-state index is 0.0199. The molecule has 360 valence electrons. The molecule has 0 aromatic rings. The average molecular weight is 1030 g/mol. The van der Waals surface area contributed by atoms with Crippen molar-refractivity contribution in [3.8, 4) is 0 Å². The van der Waals surface area contributed by atoms with E-state index in [9.17, 15) is 0 Å². The highest BCUT2D eigenvalue weighted by molar-refractivity contribution is 7.05. The van der Waals surface area contributed by atoms with Gasteiger partial charge in [-0.05, 0) is 95.6 Å². The van der Waals surface area contributed by atoms with Crippen molar-refractivity contribution in [3.05, 3.63) is 12.3 Å². The van der Waals surface area contributed by atoms with Crippen molar-refractivity contribution in [2.24, 2.45) is 0 Å². The second-order valence-electron chi connectivity index (χ2n) is 22.6. The van der Waals surface area contributed by atoms with Gasteiger partial charge in [0.2, 0.25) is 0 Å². The molecule has 6 saturated heterocycles. The number of hydrogen-bond donors (Lipinski definition) is 0. The van der Waals surface area contributed by atoms with Crippen molar-refractivity contribution in [2.75, 3.05) is 0 Å². The summed E-state index contributed by atoms with van der Waals surface area (Å²) in [5, 5.41) is 0. The number of hydrogen-bond acceptors (Lipinski definition) is 12. The van der Waals surface area contributed by atoms with Crippen molar-refractivity contribution in [1.29, 1.82) is 0 Å². The summed E-state index contributed by atoms with van der Waals surface area (Å²) < 4.78 is 102. The highest BCUT2D eigenvalue weighted by Crippen LogP contribution is 2.65. The Balaban J connectivity index is 1.18. The van der Waals surface area contributed by atoms with E-state index in [4.69, 9.17) is 49.4 Å². The first-order valence-corrected chi connectivity index (χ1v) is 41.7. The molecule has 8 bridgehead atoms. The van der Waals surface area contributed by atoms with E-state index in [2.05, 4.69) is 6.58 Å². The third-order valence-electron chi connectivity index (χ3n) is 18.4. The second kappa shape index (κ2) is 18.2. The van der Waals surface area contributed by atoms with Gasteiger partial charge in [-0.25, -0.2) is 0 Å². The van der Waals surface area contributed by atoms with E-state index >= 15 is 0 Å². The van der Waals surface area contributed by atoms with Gasteiger partial charge < -0.3 is 49.4 Å². The molecule has 13 aliphatic rings. The summed E-state index contributed by atoms with van der Waals surface area (Å²) in [6.07, 6.45) is 37.6. The molecule has 0 radical (unpaired) electrons. The van der Waals surface area contributed by atoms with Gasteiger partial charge in [-0.3, -0.25) is 0 Å². The van der Waals surface area contributed by atoms with Crippen LogP contribution in [0.4, 0.5) is 0 Å². The quantitative estimate of drug-likeness (QED) is 0.216. The molecule has 0 N–H and O–H groups in total. The summed E-state index contributed by atoms with van der Waals surface area (Å²) in [4.78, 5) is 0. The fourth-order valence-electron chi connectivity index (χ4n) is 14.9. The summed E-state index contributed by atoms with van der Waals surface area (Å²) in [6.45, 7) is 4.66. The first-order chi connectivity index (χ1) is 31.3. The van der Waals surface area contributed by atoms with Crippen LogP contribution in [0.1, 0.15) is 225 Å². The summed E-state index contributed by atoms with van der Waals surface area (Å²) in [5.41, 5.74) is 2.17. The topological polar surface area (TPSA) is 111 Å². The highest BCUT2D eigenvalue weighted by Gasteiger charge is 2.88. The molecule has 0 aromatic carbocycles. The molecule has 7 saturated carbocycles. The Morgan fingerprint density at radius 2 is 0.359 bits per heavy atom. The molecule has 6 aliphatic heterocycles. The zero-order chi connectivity index (χ0) is 43.0. The molecule has 7 aliphatic carbocycles. The van der Waals surface area contributed by atoms with Crippen LogP contribution < -0.4 is 0 Å². The van der Waals surface area contributed by atoms with E-state index in [1.54, 1.807) is 0 Å². The van der Waals surface area contributed by atoms with Gasteiger partial charge in [-0.1, -0.05) is 135 Å². The molecular weight excluding hydrogens is 945 g/mol. The molecule has 0 unspecified atom stereocenters. The Bertz CT molecular complexity index is 1470. The van der Waals surface area contributed by atoms with Crippen LogP contribution in [0, 0.1) is 0 Å². The predicted molar refractivity (Wildman–Crippen MR) is 257 cm³/mol. The normalized spacial score (nSPS) is 47.7. The first kappa shape index (κ1) is 46.1. The molecule has 0 atom stereocenters. The first-order valence-electron chi connectivity index (χ1n) is 27.3. The standard InChI is InChI=1S/C44H80O12Si8/c1-2-57-45-58(38-24-10-3-11-25-38)48-61(41-30-16-6-17-31-41)50-59(46-57,39-26-12-4-13-27-39)52-63(43-34-20-8-21-35-43)53-60(47-57,40-28-14-5-15-29-40)51-62(49-58,42-32-18-7-19-33-42)55-64(54-61,56-63)44-36-22-9-23-37-44/h2,38-44H,1,3-37H2. The van der Waals surface area contributed by atoms with Crippen molar-refractivity contribution in [2.45, 2.75) is 264 Å². The van der Waals surface area contributed by atoms with Gasteiger partial charge in [0.25, 0.3) is 0 Å². The van der Waals surface area contributed by atoms with Crippen LogP contribution in [0.2, 0.25) is 38.8 Å². The average Bonchev–Trinajstić information content (AvgIpc) is 3.33. The lowest BCUT2D eigenvalue weighted by Gasteiger charge is -2.67. The molecule has 12 nitrogen and oxygen atoms in total. The molecular formula is C44H80O12Si8. The molecule has 13 fully saturated rings. The van der Waals surface area contributed by atoms with Gasteiger partial charge in [0, 0.05) is 38.8 Å². The molecule has 6 heterocycles. The van der Waals surface area contributed by atoms with Gasteiger partial charge in [0.1, 0.15) is 0 Å². The highest BCUT2D eigenvalue weighted by atomic mass is 28.6. The lowest BCUT2D eigenvalue weighted by atomic mass is 10.0. The van der Waals surface area contributed by atoms with E-state index in [1.807, 2.05) is 5.70 Å². The monoisotopic (exact) mass is 1020 g/mol. The van der Waals surface area contributed by atoms with Gasteiger partial charge in [-0.15, -0.1) is 6.58 Å². The van der Waals surface area contributed by atoms with Crippen LogP contribution in [0.25, 0.3) is 0 Å². The van der Waals surface area contributed by atoms with Crippen LogP contribution in [0.3, 0.4) is 0 Å². The van der Waals surface area contributed by atoms with Gasteiger partial charge in [-0.2, -0.15) is 0 Å². The molecule has 0 aromatic heterocycles. The lowest BCUT2D eigenvalue weighted by molar-refractivity contribution is -0.0488. The van der Waals surface area contributed by atoms with Gasteiger partial charge in [0.05, 0.1) is 0 Å². The van der Waals surface area contributed by atoms with E-state index in [0.717, 1.165) is 180 Å². The minimum Gasteiger partial charge on any atom is -0.373 e. The Kier molecular flexibility index (Phi) is 13.1. The van der Waals surface area contributed by atoms with Crippen LogP contribution in [-0.2, 0) is 49.4 Å². The zero-order valence-corrected chi connectivity index (χ0v) is 47.0. The van der Waals surface area contributed by atoms with Crippen LogP contribution >= 0.6 is 0 Å². The molecule has 20 heteroatoms. The second-order valence-corrected chi connectivity index (χ2v) is 48.2. The van der Waals surface area contributed by atoms with Crippen LogP contribution in [-0.4, -0.2) is 70.4 Å². The maximum atomic E-state index is 8.63. The Hall–Kier alpha value is 0.995. The third-order valence-corrected chi connectivity index (χ3v) is 57.3. The molecule has 64 heavy (non-hydrogen) atoms. The van der Waals surface area contributed by atoms with E-state index < -0.39 is 70.4 Å². The molecule has 0 spiro atoms. The van der Waals surface area contributed by atoms with E-state index in [1.165, 1.54) is 44.9 Å². The van der Waals surface area contributed by atoms with Gasteiger partial charge >= 0.3 is 70.4 Å². The summed E-state index contributed by atoms with van der Waals surface area (Å²) in [6, 6.07) is 0. The largest absolute Gasteiger partial charge is 0.506 e. The third kappa shape index (κ3) is 8.00. The van der Waals surface area contributed by atoms with Crippen molar-refractivity contribution >= 4 is 70.4 Å². The van der Waals surface area contributed by atoms with Crippen molar-refractivity contribution in [3.63, 3.8) is 0 Å².